The average Bonchev–Trinajstić information content (AvgIpc) is 3.33. The average molecular weight is 349 g/mol. The summed E-state index contributed by atoms with van der Waals surface area (Å²) in [5.41, 5.74) is 8.25. The highest BCUT2D eigenvalue weighted by atomic mass is 16.5. The lowest BCUT2D eigenvalue weighted by molar-refractivity contribution is 0.347. The number of nitrogens with zero attached hydrogens (tertiary/aromatic N) is 4. The zero-order chi connectivity index (χ0) is 17.8. The third kappa shape index (κ3) is 3.60. The van der Waals surface area contributed by atoms with E-state index in [-0.39, 0.29) is 0 Å². The lowest BCUT2D eigenvalue weighted by Gasteiger charge is -2.23. The molecule has 1 aromatic carbocycles. The van der Waals surface area contributed by atoms with E-state index >= 15 is 0 Å². The number of aromatic nitrogens is 3. The van der Waals surface area contributed by atoms with Crippen LogP contribution in [0.3, 0.4) is 0 Å². The van der Waals surface area contributed by atoms with Gasteiger partial charge in [-0.25, -0.2) is 0 Å². The normalized spacial score (nSPS) is 15.9. The standard InChI is InChI=1S/C20H23N5O/c21-20(10-4-5-11-20)19-23-18(26-24-19)15-25(17-8-2-1-3-9-17)14-16-7-6-12-22-13-16/h1-3,6-9,12-13H,4-5,10-11,14-15,21H2. The third-order valence-electron chi connectivity index (χ3n) is 4.95. The van der Waals surface area contributed by atoms with E-state index in [4.69, 9.17) is 10.3 Å². The van der Waals surface area contributed by atoms with Gasteiger partial charge in [-0.05, 0) is 36.6 Å². The minimum atomic E-state index is -0.428. The molecule has 134 valence electrons. The van der Waals surface area contributed by atoms with Crippen molar-refractivity contribution in [2.75, 3.05) is 4.90 Å². The van der Waals surface area contributed by atoms with Crippen molar-refractivity contribution in [1.29, 1.82) is 0 Å². The molecule has 1 fully saturated rings. The number of benzene rings is 1. The molecule has 2 N–H and O–H groups in total. The number of hydrogen-bond acceptors (Lipinski definition) is 6. The molecule has 4 rings (SSSR count). The molecule has 1 aliphatic rings. The molecule has 2 aromatic heterocycles. The van der Waals surface area contributed by atoms with Crippen molar-refractivity contribution in [2.45, 2.75) is 44.3 Å². The van der Waals surface area contributed by atoms with Gasteiger partial charge in [0.15, 0.2) is 5.82 Å². The van der Waals surface area contributed by atoms with Crippen LogP contribution in [0.5, 0.6) is 0 Å². The number of para-hydroxylation sites is 1. The second kappa shape index (κ2) is 7.25. The fourth-order valence-corrected chi connectivity index (χ4v) is 3.50. The summed E-state index contributed by atoms with van der Waals surface area (Å²) in [6, 6.07) is 14.2. The Bertz CT molecular complexity index is 828. The first kappa shape index (κ1) is 16.7. The number of nitrogens with two attached hydrogens (primary N) is 1. The molecule has 3 aromatic rings. The molecule has 0 bridgehead atoms. The number of rotatable bonds is 6. The molecule has 26 heavy (non-hydrogen) atoms. The van der Waals surface area contributed by atoms with Gasteiger partial charge < -0.3 is 15.2 Å². The fourth-order valence-electron chi connectivity index (χ4n) is 3.50. The summed E-state index contributed by atoms with van der Waals surface area (Å²) in [6.07, 6.45) is 7.74. The van der Waals surface area contributed by atoms with Crippen LogP contribution in [0.25, 0.3) is 0 Å². The van der Waals surface area contributed by atoms with Crippen molar-refractivity contribution in [1.82, 2.24) is 15.1 Å². The second-order valence-corrected chi connectivity index (χ2v) is 6.93. The number of hydrogen-bond donors (Lipinski definition) is 1. The zero-order valence-corrected chi connectivity index (χ0v) is 14.7. The highest BCUT2D eigenvalue weighted by molar-refractivity contribution is 5.46. The summed E-state index contributed by atoms with van der Waals surface area (Å²) >= 11 is 0. The highest BCUT2D eigenvalue weighted by Gasteiger charge is 2.36. The Labute approximate surface area is 153 Å². The Balaban J connectivity index is 1.56. The van der Waals surface area contributed by atoms with Gasteiger partial charge in [-0.3, -0.25) is 4.98 Å². The van der Waals surface area contributed by atoms with Crippen LogP contribution in [0.2, 0.25) is 0 Å². The SMILES string of the molecule is NC1(c2noc(CN(Cc3cccnc3)c3ccccc3)n2)CCCC1. The molecule has 2 heterocycles. The summed E-state index contributed by atoms with van der Waals surface area (Å²) in [7, 11) is 0. The van der Waals surface area contributed by atoms with Gasteiger partial charge in [0, 0.05) is 24.6 Å². The Kier molecular flexibility index (Phi) is 4.67. The summed E-state index contributed by atoms with van der Waals surface area (Å²) in [5.74, 6) is 1.23. The van der Waals surface area contributed by atoms with Gasteiger partial charge in [0.1, 0.15) is 0 Å². The molecular formula is C20H23N5O. The summed E-state index contributed by atoms with van der Waals surface area (Å²) < 4.78 is 5.53. The Morgan fingerprint density at radius 2 is 1.85 bits per heavy atom. The fraction of sp³-hybridized carbons (Fsp3) is 0.350. The molecular weight excluding hydrogens is 326 g/mol. The summed E-state index contributed by atoms with van der Waals surface area (Å²) in [4.78, 5) is 11.0. The van der Waals surface area contributed by atoms with Gasteiger partial charge in [-0.1, -0.05) is 42.3 Å². The van der Waals surface area contributed by atoms with Crippen molar-refractivity contribution >= 4 is 5.69 Å². The first-order valence-electron chi connectivity index (χ1n) is 9.04. The van der Waals surface area contributed by atoms with Gasteiger partial charge in [0.25, 0.3) is 0 Å². The quantitative estimate of drug-likeness (QED) is 0.734. The van der Waals surface area contributed by atoms with Crippen LogP contribution in [0.1, 0.15) is 43.0 Å². The second-order valence-electron chi connectivity index (χ2n) is 6.93. The van der Waals surface area contributed by atoms with Crippen LogP contribution in [0.4, 0.5) is 5.69 Å². The van der Waals surface area contributed by atoms with Gasteiger partial charge in [0.05, 0.1) is 12.1 Å². The van der Waals surface area contributed by atoms with Crippen molar-refractivity contribution in [3.63, 3.8) is 0 Å². The van der Waals surface area contributed by atoms with Crippen LogP contribution in [0.15, 0.2) is 59.4 Å². The topological polar surface area (TPSA) is 81.1 Å². The maximum Gasteiger partial charge on any atom is 0.246 e. The molecule has 0 amide bonds. The van der Waals surface area contributed by atoms with Crippen molar-refractivity contribution in [3.8, 4) is 0 Å². The summed E-state index contributed by atoms with van der Waals surface area (Å²) in [6.45, 7) is 1.24. The first-order chi connectivity index (χ1) is 12.7. The molecule has 0 radical (unpaired) electrons. The van der Waals surface area contributed by atoms with E-state index in [2.05, 4.69) is 38.2 Å². The molecule has 1 aliphatic carbocycles. The molecule has 0 aliphatic heterocycles. The minimum absolute atomic E-state index is 0.428. The first-order valence-corrected chi connectivity index (χ1v) is 9.04. The molecule has 0 atom stereocenters. The van der Waals surface area contributed by atoms with Gasteiger partial charge >= 0.3 is 0 Å². The Morgan fingerprint density at radius 1 is 1.04 bits per heavy atom. The molecule has 6 nitrogen and oxygen atoms in total. The monoisotopic (exact) mass is 349 g/mol. The van der Waals surface area contributed by atoms with E-state index in [0.29, 0.717) is 24.8 Å². The predicted molar refractivity (Wildman–Crippen MR) is 99.2 cm³/mol. The molecule has 1 saturated carbocycles. The van der Waals surface area contributed by atoms with Crippen LogP contribution in [-0.2, 0) is 18.6 Å². The number of anilines is 1. The van der Waals surface area contributed by atoms with Crippen molar-refractivity contribution in [3.05, 3.63) is 72.1 Å². The largest absolute Gasteiger partial charge is 0.358 e. The predicted octanol–water partition coefficient (Wildman–Crippen LogP) is 3.40. The van der Waals surface area contributed by atoms with E-state index in [1.165, 1.54) is 0 Å². The lowest BCUT2D eigenvalue weighted by Crippen LogP contribution is -2.34. The van der Waals surface area contributed by atoms with E-state index in [0.717, 1.165) is 36.9 Å². The highest BCUT2D eigenvalue weighted by Crippen LogP contribution is 2.34. The summed E-state index contributed by atoms with van der Waals surface area (Å²) in [5, 5.41) is 4.17. The van der Waals surface area contributed by atoms with E-state index < -0.39 is 5.54 Å². The van der Waals surface area contributed by atoms with Gasteiger partial charge in [0.2, 0.25) is 5.89 Å². The van der Waals surface area contributed by atoms with Gasteiger partial charge in [-0.15, -0.1) is 0 Å². The maximum absolute atomic E-state index is 6.45. The lowest BCUT2D eigenvalue weighted by atomic mass is 9.99. The minimum Gasteiger partial charge on any atom is -0.358 e. The molecule has 0 unspecified atom stereocenters. The maximum atomic E-state index is 6.45. The molecule has 0 spiro atoms. The van der Waals surface area contributed by atoms with Crippen LogP contribution in [-0.4, -0.2) is 15.1 Å². The van der Waals surface area contributed by atoms with E-state index in [1.54, 1.807) is 6.20 Å². The number of pyridine rings is 1. The smallest absolute Gasteiger partial charge is 0.246 e. The van der Waals surface area contributed by atoms with Crippen LogP contribution in [0, 0.1) is 0 Å². The van der Waals surface area contributed by atoms with Crippen molar-refractivity contribution in [2.24, 2.45) is 5.73 Å². The van der Waals surface area contributed by atoms with E-state index in [1.807, 2.05) is 30.5 Å². The van der Waals surface area contributed by atoms with Crippen LogP contribution < -0.4 is 10.6 Å². The Hall–Kier alpha value is -2.73. The molecule has 0 saturated heterocycles. The zero-order valence-electron chi connectivity index (χ0n) is 14.7. The van der Waals surface area contributed by atoms with E-state index in [9.17, 15) is 0 Å². The van der Waals surface area contributed by atoms with Crippen LogP contribution >= 0.6 is 0 Å². The van der Waals surface area contributed by atoms with Crippen molar-refractivity contribution < 1.29 is 4.52 Å². The van der Waals surface area contributed by atoms with Gasteiger partial charge in [-0.2, -0.15) is 4.98 Å². The Morgan fingerprint density at radius 3 is 2.58 bits per heavy atom. The molecule has 6 heteroatoms. The third-order valence-corrected chi connectivity index (χ3v) is 4.95.